The molecular weight excluding hydrogens is 282 g/mol. The molecule has 1 atom stereocenters. The quantitative estimate of drug-likeness (QED) is 0.802. The maximum Gasteiger partial charge on any atom is 0.268 e. The summed E-state index contributed by atoms with van der Waals surface area (Å²) >= 11 is 0. The maximum absolute atomic E-state index is 12.5. The van der Waals surface area contributed by atoms with Crippen LogP contribution in [0.3, 0.4) is 0 Å². The molecule has 2 aliphatic rings. The predicted octanol–water partition coefficient (Wildman–Crippen LogP) is 0.575. The van der Waals surface area contributed by atoms with E-state index in [2.05, 4.69) is 4.90 Å². The molecule has 0 aromatic heterocycles. The van der Waals surface area contributed by atoms with Crippen LogP contribution < -0.4 is 9.64 Å². The summed E-state index contributed by atoms with van der Waals surface area (Å²) in [5.41, 5.74) is 0.674. The fraction of sp³-hybridized carbons (Fsp3) is 0.500. The first kappa shape index (κ1) is 14.8. The minimum Gasteiger partial charge on any atom is -0.479 e. The Morgan fingerprint density at radius 1 is 1.23 bits per heavy atom. The molecule has 0 bridgehead atoms. The number of anilines is 1. The zero-order valence-corrected chi connectivity index (χ0v) is 13.0. The number of hydrogen-bond acceptors (Lipinski definition) is 4. The third-order valence-electron chi connectivity index (χ3n) is 4.22. The van der Waals surface area contributed by atoms with Crippen LogP contribution >= 0.6 is 0 Å². The Labute approximate surface area is 130 Å². The van der Waals surface area contributed by atoms with E-state index in [0.29, 0.717) is 24.5 Å². The first-order valence-electron chi connectivity index (χ1n) is 7.59. The Kier molecular flexibility index (Phi) is 4.02. The molecule has 0 saturated carbocycles. The molecule has 3 rings (SSSR count). The average Bonchev–Trinajstić information content (AvgIpc) is 2.52. The van der Waals surface area contributed by atoms with Crippen molar-refractivity contribution in [3.8, 4) is 5.75 Å². The molecule has 0 spiro atoms. The SMILES string of the molecule is CC1Oc2ccccc2N(CC(=O)N2CCN(C)CC2)C1=O. The molecule has 1 aromatic carbocycles. The van der Waals surface area contributed by atoms with Gasteiger partial charge in [-0.15, -0.1) is 0 Å². The number of rotatable bonds is 2. The summed E-state index contributed by atoms with van der Waals surface area (Å²) in [6.07, 6.45) is -0.560. The maximum atomic E-state index is 12.5. The van der Waals surface area contributed by atoms with Gasteiger partial charge in [-0.25, -0.2) is 0 Å². The van der Waals surface area contributed by atoms with Gasteiger partial charge in [-0.1, -0.05) is 12.1 Å². The summed E-state index contributed by atoms with van der Waals surface area (Å²) in [5.74, 6) is 0.479. The van der Waals surface area contributed by atoms with Crippen LogP contribution in [0.25, 0.3) is 0 Å². The van der Waals surface area contributed by atoms with Gasteiger partial charge < -0.3 is 14.5 Å². The van der Waals surface area contributed by atoms with Gasteiger partial charge in [0.05, 0.1) is 5.69 Å². The van der Waals surface area contributed by atoms with Gasteiger partial charge >= 0.3 is 0 Å². The van der Waals surface area contributed by atoms with Gasteiger partial charge in [0, 0.05) is 26.2 Å². The molecule has 1 fully saturated rings. The van der Waals surface area contributed by atoms with Crippen LogP contribution in [0, 0.1) is 0 Å². The van der Waals surface area contributed by atoms with E-state index in [1.165, 1.54) is 0 Å². The van der Waals surface area contributed by atoms with Gasteiger partial charge in [-0.3, -0.25) is 14.5 Å². The minimum absolute atomic E-state index is 0.00893. The largest absolute Gasteiger partial charge is 0.479 e. The topological polar surface area (TPSA) is 53.1 Å². The molecule has 2 heterocycles. The number of likely N-dealkylation sites (N-methyl/N-ethyl adjacent to an activating group) is 1. The number of para-hydroxylation sites is 2. The van der Waals surface area contributed by atoms with Crippen molar-refractivity contribution in [3.63, 3.8) is 0 Å². The number of amides is 2. The van der Waals surface area contributed by atoms with E-state index in [1.807, 2.05) is 36.2 Å². The zero-order chi connectivity index (χ0) is 15.7. The molecule has 2 amide bonds. The number of hydrogen-bond donors (Lipinski definition) is 0. The molecule has 1 aromatic rings. The Morgan fingerprint density at radius 2 is 1.91 bits per heavy atom. The molecule has 1 saturated heterocycles. The molecule has 118 valence electrons. The van der Waals surface area contributed by atoms with Crippen molar-refractivity contribution in [2.45, 2.75) is 13.0 Å². The first-order valence-corrected chi connectivity index (χ1v) is 7.59. The van der Waals surface area contributed by atoms with Crippen molar-refractivity contribution >= 4 is 17.5 Å². The van der Waals surface area contributed by atoms with E-state index < -0.39 is 6.10 Å². The number of piperazine rings is 1. The second kappa shape index (κ2) is 5.96. The minimum atomic E-state index is -0.560. The van der Waals surface area contributed by atoms with E-state index in [-0.39, 0.29) is 18.4 Å². The summed E-state index contributed by atoms with van der Waals surface area (Å²) in [7, 11) is 2.05. The standard InChI is InChI=1S/C16H21N3O3/c1-12-16(21)19(13-5-3-4-6-14(13)22-12)11-15(20)18-9-7-17(2)8-10-18/h3-6,12H,7-11H2,1-2H3. The van der Waals surface area contributed by atoms with Crippen LogP contribution in [-0.2, 0) is 9.59 Å². The van der Waals surface area contributed by atoms with Crippen LogP contribution in [-0.4, -0.2) is 67.5 Å². The third kappa shape index (κ3) is 2.78. The highest BCUT2D eigenvalue weighted by molar-refractivity contribution is 6.03. The Balaban J connectivity index is 1.76. The zero-order valence-electron chi connectivity index (χ0n) is 13.0. The molecule has 0 N–H and O–H groups in total. The number of ether oxygens (including phenoxy) is 1. The Bertz CT molecular complexity index is 582. The van der Waals surface area contributed by atoms with Crippen LogP contribution in [0.5, 0.6) is 5.75 Å². The lowest BCUT2D eigenvalue weighted by atomic mass is 10.2. The number of fused-ring (bicyclic) bond motifs is 1. The normalized spacial score (nSPS) is 22.3. The lowest BCUT2D eigenvalue weighted by Crippen LogP contribution is -2.53. The third-order valence-corrected chi connectivity index (χ3v) is 4.22. The molecule has 6 nitrogen and oxygen atoms in total. The molecule has 2 aliphatic heterocycles. The van der Waals surface area contributed by atoms with Crippen molar-refractivity contribution in [1.82, 2.24) is 9.80 Å². The van der Waals surface area contributed by atoms with Crippen LogP contribution in [0.15, 0.2) is 24.3 Å². The highest BCUT2D eigenvalue weighted by atomic mass is 16.5. The van der Waals surface area contributed by atoms with Gasteiger partial charge in [0.15, 0.2) is 6.10 Å². The van der Waals surface area contributed by atoms with Crippen molar-refractivity contribution in [1.29, 1.82) is 0 Å². The van der Waals surface area contributed by atoms with Crippen LogP contribution in [0.1, 0.15) is 6.92 Å². The first-order chi connectivity index (χ1) is 10.6. The predicted molar refractivity (Wildman–Crippen MR) is 83.0 cm³/mol. The van der Waals surface area contributed by atoms with Gasteiger partial charge in [0.2, 0.25) is 5.91 Å². The monoisotopic (exact) mass is 303 g/mol. The van der Waals surface area contributed by atoms with Gasteiger partial charge in [-0.2, -0.15) is 0 Å². The van der Waals surface area contributed by atoms with E-state index >= 15 is 0 Å². The summed E-state index contributed by atoms with van der Waals surface area (Å²) in [6, 6.07) is 7.35. The Hall–Kier alpha value is -2.08. The van der Waals surface area contributed by atoms with Crippen LogP contribution in [0.4, 0.5) is 5.69 Å². The molecule has 6 heteroatoms. The molecular formula is C16H21N3O3. The number of benzene rings is 1. The second-order valence-corrected chi connectivity index (χ2v) is 5.84. The smallest absolute Gasteiger partial charge is 0.268 e. The molecule has 0 aliphatic carbocycles. The van der Waals surface area contributed by atoms with Gasteiger partial charge in [0.1, 0.15) is 12.3 Å². The van der Waals surface area contributed by atoms with Gasteiger partial charge in [-0.05, 0) is 26.1 Å². The fourth-order valence-corrected chi connectivity index (χ4v) is 2.81. The number of carbonyl (C=O) groups is 2. The van der Waals surface area contributed by atoms with Crippen molar-refractivity contribution < 1.29 is 14.3 Å². The summed E-state index contributed by atoms with van der Waals surface area (Å²) in [4.78, 5) is 30.5. The Morgan fingerprint density at radius 3 is 2.64 bits per heavy atom. The second-order valence-electron chi connectivity index (χ2n) is 5.84. The van der Waals surface area contributed by atoms with Gasteiger partial charge in [0.25, 0.3) is 5.91 Å². The number of nitrogens with zero attached hydrogens (tertiary/aromatic N) is 3. The molecule has 22 heavy (non-hydrogen) atoms. The lowest BCUT2D eigenvalue weighted by molar-refractivity contribution is -0.134. The highest BCUT2D eigenvalue weighted by Crippen LogP contribution is 2.33. The van der Waals surface area contributed by atoms with Crippen molar-refractivity contribution in [3.05, 3.63) is 24.3 Å². The average molecular weight is 303 g/mol. The van der Waals surface area contributed by atoms with Crippen molar-refractivity contribution in [2.24, 2.45) is 0 Å². The van der Waals surface area contributed by atoms with E-state index in [1.54, 1.807) is 11.8 Å². The van der Waals surface area contributed by atoms with E-state index in [0.717, 1.165) is 13.1 Å². The molecule has 0 radical (unpaired) electrons. The lowest BCUT2D eigenvalue weighted by Gasteiger charge is -2.36. The highest BCUT2D eigenvalue weighted by Gasteiger charge is 2.33. The van der Waals surface area contributed by atoms with E-state index in [4.69, 9.17) is 4.74 Å². The van der Waals surface area contributed by atoms with Crippen LogP contribution in [0.2, 0.25) is 0 Å². The molecule has 1 unspecified atom stereocenters. The fourth-order valence-electron chi connectivity index (χ4n) is 2.81. The summed E-state index contributed by atoms with van der Waals surface area (Å²) in [5, 5.41) is 0. The summed E-state index contributed by atoms with van der Waals surface area (Å²) in [6.45, 7) is 4.96. The van der Waals surface area contributed by atoms with Crippen molar-refractivity contribution in [2.75, 3.05) is 44.7 Å². The number of carbonyl (C=O) groups excluding carboxylic acids is 2. The summed E-state index contributed by atoms with van der Waals surface area (Å²) < 4.78 is 5.59. The van der Waals surface area contributed by atoms with E-state index in [9.17, 15) is 9.59 Å².